The Bertz CT molecular complexity index is 1340. The average molecular weight is 566 g/mol. The number of thiophene rings is 1. The van der Waals surface area contributed by atoms with Gasteiger partial charge in [-0.15, -0.1) is 11.3 Å². The number of benzene rings is 2. The van der Waals surface area contributed by atoms with E-state index < -0.39 is 18.0 Å². The van der Waals surface area contributed by atoms with Gasteiger partial charge in [0.15, 0.2) is 6.10 Å². The Kier molecular flexibility index (Phi) is 8.18. The third-order valence-corrected chi connectivity index (χ3v) is 7.59. The molecule has 1 aliphatic carbocycles. The predicted octanol–water partition coefficient (Wildman–Crippen LogP) is 6.09. The van der Waals surface area contributed by atoms with Gasteiger partial charge in [0.2, 0.25) is 0 Å². The Hall–Kier alpha value is -3.48. The third-order valence-electron chi connectivity index (χ3n) is 5.89. The topological polar surface area (TPSA) is 108 Å². The fourth-order valence-electron chi connectivity index (χ4n) is 3.97. The molecule has 36 heavy (non-hydrogen) atoms. The summed E-state index contributed by atoms with van der Waals surface area (Å²) < 4.78 is 6.14. The highest BCUT2D eigenvalue weighted by Crippen LogP contribution is 2.37. The van der Waals surface area contributed by atoms with Gasteiger partial charge in [0.05, 0.1) is 11.1 Å². The normalized spacial score (nSPS) is 13.5. The summed E-state index contributed by atoms with van der Waals surface area (Å²) in [5.74, 6) is -1.43. The number of carbonyl (C=O) groups is 3. The van der Waals surface area contributed by atoms with Crippen LogP contribution in [0.3, 0.4) is 0 Å². The number of hydrogen-bond donors (Lipinski definition) is 2. The molecule has 3 aromatic rings. The van der Waals surface area contributed by atoms with Crippen molar-refractivity contribution in [2.45, 2.75) is 45.1 Å². The van der Waals surface area contributed by atoms with E-state index in [1.165, 1.54) is 30.4 Å². The monoisotopic (exact) mass is 565 g/mol. The average Bonchev–Trinajstić information content (AvgIpc) is 3.02. The standard InChI is InChI=1S/C27H24BrN3O4S/c1-16(24(32)31-26-22(15-29)21-8-3-2-4-9-23(21)36-26)35-27(34)17-10-12-20(13-11-17)30-25(33)18-6-5-7-19(28)14-18/h5-7,10-14,16H,2-4,8-9H2,1H3,(H,30,33)(H,31,32). The van der Waals surface area contributed by atoms with Crippen molar-refractivity contribution in [2.75, 3.05) is 10.6 Å². The van der Waals surface area contributed by atoms with Crippen LogP contribution >= 0.6 is 27.3 Å². The highest BCUT2D eigenvalue weighted by atomic mass is 79.9. The molecule has 2 N–H and O–H groups in total. The molecule has 2 aromatic carbocycles. The maximum Gasteiger partial charge on any atom is 0.338 e. The lowest BCUT2D eigenvalue weighted by molar-refractivity contribution is -0.123. The van der Waals surface area contributed by atoms with Crippen LogP contribution in [0.15, 0.2) is 53.0 Å². The lowest BCUT2D eigenvalue weighted by atomic mass is 10.1. The molecule has 4 rings (SSSR count). The zero-order valence-corrected chi connectivity index (χ0v) is 22.0. The van der Waals surface area contributed by atoms with Crippen LogP contribution in [0.1, 0.15) is 62.9 Å². The fourth-order valence-corrected chi connectivity index (χ4v) is 5.61. The van der Waals surface area contributed by atoms with Gasteiger partial charge in [-0.25, -0.2) is 4.79 Å². The Labute approximate surface area is 221 Å². The van der Waals surface area contributed by atoms with Gasteiger partial charge in [-0.3, -0.25) is 9.59 Å². The largest absolute Gasteiger partial charge is 0.449 e. The minimum atomic E-state index is -1.05. The van der Waals surface area contributed by atoms with E-state index in [2.05, 4.69) is 32.6 Å². The summed E-state index contributed by atoms with van der Waals surface area (Å²) in [6.45, 7) is 1.49. The summed E-state index contributed by atoms with van der Waals surface area (Å²) in [7, 11) is 0. The number of hydrogen-bond acceptors (Lipinski definition) is 6. The van der Waals surface area contributed by atoms with E-state index >= 15 is 0 Å². The third kappa shape index (κ3) is 6.01. The molecule has 1 unspecified atom stereocenters. The van der Waals surface area contributed by atoms with Gasteiger partial charge in [0, 0.05) is 20.6 Å². The molecule has 1 aromatic heterocycles. The number of nitriles is 1. The lowest BCUT2D eigenvalue weighted by Crippen LogP contribution is -2.30. The highest BCUT2D eigenvalue weighted by Gasteiger charge is 2.24. The van der Waals surface area contributed by atoms with Crippen LogP contribution in [0.5, 0.6) is 0 Å². The first-order chi connectivity index (χ1) is 17.4. The summed E-state index contributed by atoms with van der Waals surface area (Å²) in [5, 5.41) is 15.7. The van der Waals surface area contributed by atoms with E-state index in [0.29, 0.717) is 21.8 Å². The Morgan fingerprint density at radius 2 is 1.78 bits per heavy atom. The zero-order valence-electron chi connectivity index (χ0n) is 19.6. The Morgan fingerprint density at radius 1 is 1.03 bits per heavy atom. The summed E-state index contributed by atoms with van der Waals surface area (Å²) >= 11 is 4.77. The maximum atomic E-state index is 12.7. The van der Waals surface area contributed by atoms with Gasteiger partial charge in [-0.05, 0) is 80.6 Å². The fraction of sp³-hybridized carbons (Fsp3) is 0.259. The van der Waals surface area contributed by atoms with E-state index in [0.717, 1.165) is 47.0 Å². The summed E-state index contributed by atoms with van der Waals surface area (Å²) in [6, 6.07) is 15.5. The quantitative estimate of drug-likeness (QED) is 0.278. The molecule has 0 saturated heterocycles. The molecule has 1 atom stereocenters. The highest BCUT2D eigenvalue weighted by molar-refractivity contribution is 9.10. The van der Waals surface area contributed by atoms with Gasteiger partial charge in [-0.2, -0.15) is 5.26 Å². The van der Waals surface area contributed by atoms with Crippen molar-refractivity contribution in [1.29, 1.82) is 5.26 Å². The molecular weight excluding hydrogens is 542 g/mol. The van der Waals surface area contributed by atoms with E-state index in [9.17, 15) is 19.6 Å². The maximum absolute atomic E-state index is 12.7. The van der Waals surface area contributed by atoms with Crippen molar-refractivity contribution in [3.8, 4) is 6.07 Å². The molecule has 2 amide bonds. The van der Waals surface area contributed by atoms with Crippen LogP contribution in [0.2, 0.25) is 0 Å². The second-order valence-electron chi connectivity index (χ2n) is 8.46. The van der Waals surface area contributed by atoms with Crippen molar-refractivity contribution in [2.24, 2.45) is 0 Å². The molecule has 0 saturated carbocycles. The number of esters is 1. The molecule has 0 spiro atoms. The number of aryl methyl sites for hydroxylation is 1. The first kappa shape index (κ1) is 25.6. The van der Waals surface area contributed by atoms with Crippen LogP contribution in [-0.2, 0) is 22.4 Å². The number of rotatable bonds is 6. The van der Waals surface area contributed by atoms with Crippen LogP contribution in [-0.4, -0.2) is 23.9 Å². The zero-order chi connectivity index (χ0) is 25.7. The summed E-state index contributed by atoms with van der Waals surface area (Å²) in [5.41, 5.74) is 2.81. The first-order valence-corrected chi connectivity index (χ1v) is 13.2. The van der Waals surface area contributed by atoms with Crippen molar-refractivity contribution < 1.29 is 19.1 Å². The van der Waals surface area contributed by atoms with Gasteiger partial charge in [-0.1, -0.05) is 28.4 Å². The molecule has 0 fully saturated rings. The van der Waals surface area contributed by atoms with Crippen molar-refractivity contribution in [3.05, 3.63) is 80.1 Å². The second kappa shape index (κ2) is 11.5. The molecule has 1 heterocycles. The predicted molar refractivity (Wildman–Crippen MR) is 142 cm³/mol. The molecule has 9 heteroatoms. The molecule has 0 bridgehead atoms. The molecule has 184 valence electrons. The second-order valence-corrected chi connectivity index (χ2v) is 10.5. The molecular formula is C27H24BrN3O4S. The van der Waals surface area contributed by atoms with E-state index in [1.54, 1.807) is 30.3 Å². The molecule has 1 aliphatic rings. The minimum Gasteiger partial charge on any atom is -0.449 e. The van der Waals surface area contributed by atoms with Gasteiger partial charge >= 0.3 is 5.97 Å². The molecule has 0 aliphatic heterocycles. The van der Waals surface area contributed by atoms with Crippen LogP contribution in [0, 0.1) is 11.3 Å². The van der Waals surface area contributed by atoms with Crippen LogP contribution in [0.4, 0.5) is 10.7 Å². The lowest BCUT2D eigenvalue weighted by Gasteiger charge is -2.13. The smallest absolute Gasteiger partial charge is 0.338 e. The Balaban J connectivity index is 1.35. The van der Waals surface area contributed by atoms with Crippen LogP contribution in [0.25, 0.3) is 0 Å². The number of carbonyl (C=O) groups excluding carboxylic acids is 3. The number of anilines is 2. The SMILES string of the molecule is CC(OC(=O)c1ccc(NC(=O)c2cccc(Br)c2)cc1)C(=O)Nc1sc2c(c1C#N)CCCCC2. The number of halogens is 1. The number of amides is 2. The first-order valence-electron chi connectivity index (χ1n) is 11.6. The van der Waals surface area contributed by atoms with Crippen molar-refractivity contribution in [1.82, 2.24) is 0 Å². The van der Waals surface area contributed by atoms with Gasteiger partial charge in [0.25, 0.3) is 11.8 Å². The van der Waals surface area contributed by atoms with Crippen molar-refractivity contribution >= 4 is 55.7 Å². The van der Waals surface area contributed by atoms with E-state index in [4.69, 9.17) is 4.74 Å². The number of nitrogens with zero attached hydrogens (tertiary/aromatic N) is 1. The minimum absolute atomic E-state index is 0.246. The van der Waals surface area contributed by atoms with Crippen LogP contribution < -0.4 is 10.6 Å². The number of fused-ring (bicyclic) bond motifs is 1. The summed E-state index contributed by atoms with van der Waals surface area (Å²) in [6.07, 6.45) is 3.95. The Morgan fingerprint density at radius 3 is 2.50 bits per heavy atom. The van der Waals surface area contributed by atoms with E-state index in [1.807, 2.05) is 6.07 Å². The molecule has 0 radical (unpaired) electrons. The number of nitrogens with one attached hydrogen (secondary N) is 2. The van der Waals surface area contributed by atoms with Gasteiger partial charge in [0.1, 0.15) is 11.1 Å². The van der Waals surface area contributed by atoms with E-state index in [-0.39, 0.29) is 11.5 Å². The molecule has 7 nitrogen and oxygen atoms in total. The summed E-state index contributed by atoms with van der Waals surface area (Å²) in [4.78, 5) is 38.8. The van der Waals surface area contributed by atoms with Crippen molar-refractivity contribution in [3.63, 3.8) is 0 Å². The van der Waals surface area contributed by atoms with Gasteiger partial charge < -0.3 is 15.4 Å². The number of ether oxygens (including phenoxy) is 1.